The lowest BCUT2D eigenvalue weighted by molar-refractivity contribution is 0.459. The zero-order chi connectivity index (χ0) is 17.4. The Labute approximate surface area is 160 Å². The molecule has 0 saturated carbocycles. The average Bonchev–Trinajstić information content (AvgIpc) is 3.18. The number of benzene rings is 2. The first-order valence-corrected chi connectivity index (χ1v) is 9.28. The van der Waals surface area contributed by atoms with Crippen molar-refractivity contribution in [2.24, 2.45) is 10.2 Å². The van der Waals surface area contributed by atoms with E-state index in [4.69, 9.17) is 11.6 Å². The van der Waals surface area contributed by atoms with E-state index >= 15 is 0 Å². The monoisotopic (exact) mass is 432 g/mol. The lowest BCUT2D eigenvalue weighted by Crippen LogP contribution is -1.75. The maximum atomic E-state index is 10.0. The van der Waals surface area contributed by atoms with Crippen LogP contribution in [0.5, 0.6) is 5.88 Å². The van der Waals surface area contributed by atoms with Crippen molar-refractivity contribution < 1.29 is 5.11 Å². The molecule has 2 aromatic heterocycles. The summed E-state index contributed by atoms with van der Waals surface area (Å²) in [6, 6.07) is 13.1. The number of hydrogen-bond acceptors (Lipinski definition) is 5. The molecule has 0 aliphatic rings. The number of nitrogens with zero attached hydrogens (tertiary/aromatic N) is 3. The maximum absolute atomic E-state index is 10.0. The van der Waals surface area contributed by atoms with Crippen LogP contribution in [0, 0.1) is 0 Å². The number of rotatable bonds is 3. The van der Waals surface area contributed by atoms with Gasteiger partial charge in [0.15, 0.2) is 5.69 Å². The molecule has 0 radical (unpaired) electrons. The molecule has 0 aliphatic heterocycles. The van der Waals surface area contributed by atoms with E-state index in [0.717, 1.165) is 21.2 Å². The zero-order valence-electron chi connectivity index (χ0n) is 12.6. The summed E-state index contributed by atoms with van der Waals surface area (Å²) >= 11 is 10.8. The van der Waals surface area contributed by atoms with Crippen molar-refractivity contribution in [3.63, 3.8) is 0 Å². The third-order valence-electron chi connectivity index (χ3n) is 3.58. The number of azo groups is 1. The van der Waals surface area contributed by atoms with Crippen molar-refractivity contribution in [3.05, 3.63) is 57.3 Å². The van der Waals surface area contributed by atoms with Crippen LogP contribution >= 0.6 is 38.9 Å². The molecule has 0 spiro atoms. The summed E-state index contributed by atoms with van der Waals surface area (Å²) in [6.45, 7) is 0. The van der Waals surface area contributed by atoms with Crippen LogP contribution in [0.3, 0.4) is 0 Å². The number of hydrogen-bond donors (Lipinski definition) is 2. The van der Waals surface area contributed by atoms with Gasteiger partial charge in [-0.3, -0.25) is 0 Å². The smallest absolute Gasteiger partial charge is 0.230 e. The Kier molecular flexibility index (Phi) is 4.29. The van der Waals surface area contributed by atoms with E-state index in [0.29, 0.717) is 21.2 Å². The van der Waals surface area contributed by atoms with Gasteiger partial charge in [-0.25, -0.2) is 4.98 Å². The van der Waals surface area contributed by atoms with Crippen molar-refractivity contribution in [2.45, 2.75) is 0 Å². The molecule has 124 valence electrons. The van der Waals surface area contributed by atoms with Crippen LogP contribution in [0.2, 0.25) is 5.02 Å². The number of H-pyrrole nitrogens is 1. The minimum absolute atomic E-state index is 0.0503. The van der Waals surface area contributed by atoms with Crippen LogP contribution in [0.25, 0.3) is 22.2 Å². The van der Waals surface area contributed by atoms with Gasteiger partial charge in [0.05, 0.1) is 11.2 Å². The van der Waals surface area contributed by atoms with Crippen LogP contribution < -0.4 is 0 Å². The van der Waals surface area contributed by atoms with E-state index in [1.54, 1.807) is 18.2 Å². The van der Waals surface area contributed by atoms with Gasteiger partial charge in [-0.15, -0.1) is 21.6 Å². The Morgan fingerprint density at radius 1 is 1.12 bits per heavy atom. The number of aromatic hydroxyl groups is 1. The fourth-order valence-electron chi connectivity index (χ4n) is 2.39. The first-order chi connectivity index (χ1) is 12.1. The third kappa shape index (κ3) is 3.30. The molecule has 5 nitrogen and oxygen atoms in total. The van der Waals surface area contributed by atoms with Gasteiger partial charge in [0.1, 0.15) is 0 Å². The molecule has 0 fully saturated rings. The van der Waals surface area contributed by atoms with Crippen molar-refractivity contribution in [1.29, 1.82) is 0 Å². The molecule has 25 heavy (non-hydrogen) atoms. The molecular weight excluding hydrogens is 424 g/mol. The topological polar surface area (TPSA) is 73.6 Å². The van der Waals surface area contributed by atoms with Gasteiger partial charge in [0.25, 0.3) is 0 Å². The van der Waals surface area contributed by atoms with Gasteiger partial charge in [-0.1, -0.05) is 39.7 Å². The minimum atomic E-state index is -0.0503. The predicted molar refractivity (Wildman–Crippen MR) is 104 cm³/mol. The van der Waals surface area contributed by atoms with Crippen molar-refractivity contribution in [2.75, 3.05) is 0 Å². The minimum Gasteiger partial charge on any atom is -0.493 e. The molecule has 8 heteroatoms. The van der Waals surface area contributed by atoms with Crippen molar-refractivity contribution in [3.8, 4) is 17.1 Å². The predicted octanol–water partition coefficient (Wildman–Crippen LogP) is 6.83. The molecule has 4 aromatic rings. The number of aromatic nitrogens is 2. The number of thiazole rings is 1. The van der Waals surface area contributed by atoms with Gasteiger partial charge in [-0.05, 0) is 30.3 Å². The van der Waals surface area contributed by atoms with Gasteiger partial charge < -0.3 is 10.1 Å². The number of aromatic amines is 1. The Hall–Kier alpha value is -2.22. The lowest BCUT2D eigenvalue weighted by atomic mass is 10.2. The van der Waals surface area contributed by atoms with E-state index in [9.17, 15) is 5.11 Å². The molecule has 2 N–H and O–H groups in total. The van der Waals surface area contributed by atoms with Crippen LogP contribution in [0.1, 0.15) is 0 Å². The van der Waals surface area contributed by atoms with Crippen molar-refractivity contribution in [1.82, 2.24) is 9.97 Å². The second kappa shape index (κ2) is 6.59. The summed E-state index contributed by atoms with van der Waals surface area (Å²) in [5.41, 5.74) is 2.92. The first-order valence-electron chi connectivity index (χ1n) is 7.23. The van der Waals surface area contributed by atoms with Crippen LogP contribution in [0.15, 0.2) is 62.5 Å². The quantitative estimate of drug-likeness (QED) is 0.347. The Bertz CT molecular complexity index is 1090. The Morgan fingerprint density at radius 3 is 2.72 bits per heavy atom. The molecule has 0 atom stereocenters. The zero-order valence-corrected chi connectivity index (χ0v) is 15.7. The number of halogens is 2. The van der Waals surface area contributed by atoms with Crippen LogP contribution in [0.4, 0.5) is 10.8 Å². The van der Waals surface area contributed by atoms with Gasteiger partial charge in [-0.2, -0.15) is 0 Å². The van der Waals surface area contributed by atoms with Crippen LogP contribution in [-0.4, -0.2) is 15.1 Å². The summed E-state index contributed by atoms with van der Waals surface area (Å²) in [7, 11) is 0. The molecule has 0 aliphatic carbocycles. The molecular formula is C17H10BrClN4OS. The molecule has 0 unspecified atom stereocenters. The fraction of sp³-hybridized carbons (Fsp3) is 0. The van der Waals surface area contributed by atoms with E-state index in [-0.39, 0.29) is 5.88 Å². The highest BCUT2D eigenvalue weighted by Gasteiger charge is 2.11. The van der Waals surface area contributed by atoms with Crippen LogP contribution in [-0.2, 0) is 0 Å². The molecule has 2 aromatic carbocycles. The molecule has 0 amide bonds. The summed E-state index contributed by atoms with van der Waals surface area (Å²) in [5, 5.41) is 22.0. The first kappa shape index (κ1) is 16.3. The van der Waals surface area contributed by atoms with E-state index in [1.165, 1.54) is 11.3 Å². The number of nitrogens with one attached hydrogen (secondary N) is 1. The Balaban J connectivity index is 1.66. The lowest BCUT2D eigenvalue weighted by Gasteiger charge is -1.95. The fourth-order valence-corrected chi connectivity index (χ4v) is 3.47. The normalized spacial score (nSPS) is 11.6. The second-order valence-corrected chi connectivity index (χ2v) is 7.42. The van der Waals surface area contributed by atoms with Gasteiger partial charge in [0, 0.05) is 25.8 Å². The third-order valence-corrected chi connectivity index (χ3v) is 5.07. The van der Waals surface area contributed by atoms with E-state index < -0.39 is 0 Å². The summed E-state index contributed by atoms with van der Waals surface area (Å²) in [6.07, 6.45) is 0. The number of fused-ring (bicyclic) bond motifs is 1. The highest BCUT2D eigenvalue weighted by Crippen LogP contribution is 2.38. The van der Waals surface area contributed by atoms with E-state index in [1.807, 2.05) is 29.6 Å². The molecule has 0 saturated heterocycles. The molecule has 2 heterocycles. The largest absolute Gasteiger partial charge is 0.493 e. The maximum Gasteiger partial charge on any atom is 0.230 e. The van der Waals surface area contributed by atoms with Gasteiger partial charge >= 0.3 is 0 Å². The summed E-state index contributed by atoms with van der Waals surface area (Å²) in [5.74, 6) is -0.0503. The second-order valence-electron chi connectivity index (χ2n) is 5.23. The Morgan fingerprint density at radius 2 is 1.92 bits per heavy atom. The van der Waals surface area contributed by atoms with Gasteiger partial charge in [0.2, 0.25) is 11.0 Å². The standard InChI is InChI=1S/C17H10BrClN4OS/c18-10-3-1-9(2-4-10)14-8-25-17(21-14)23-22-15-12-7-11(19)5-6-13(12)20-16(15)24/h1-8,20,24H. The molecule has 0 bridgehead atoms. The highest BCUT2D eigenvalue weighted by molar-refractivity contribution is 9.10. The average molecular weight is 434 g/mol. The SMILES string of the molecule is Oc1[nH]c2ccc(Cl)cc2c1N=Nc1nc(-c2ccc(Br)cc2)cs1. The van der Waals surface area contributed by atoms with E-state index in [2.05, 4.69) is 36.1 Å². The molecule has 4 rings (SSSR count). The highest BCUT2D eigenvalue weighted by atomic mass is 79.9. The summed E-state index contributed by atoms with van der Waals surface area (Å²) < 4.78 is 1.01. The summed E-state index contributed by atoms with van der Waals surface area (Å²) in [4.78, 5) is 7.31. The van der Waals surface area contributed by atoms with Crippen molar-refractivity contribution >= 4 is 60.6 Å².